The van der Waals surface area contributed by atoms with Gasteiger partial charge < -0.3 is 36.2 Å². The van der Waals surface area contributed by atoms with Gasteiger partial charge in [0, 0.05) is 12.4 Å². The van der Waals surface area contributed by atoms with Crippen LogP contribution in [-0.4, -0.2) is 75.3 Å². The van der Waals surface area contributed by atoms with E-state index in [0.29, 0.717) is 11.1 Å². The van der Waals surface area contributed by atoms with Gasteiger partial charge in [-0.15, -0.1) is 0 Å². The van der Waals surface area contributed by atoms with Gasteiger partial charge in [-0.2, -0.15) is 0 Å². The van der Waals surface area contributed by atoms with Gasteiger partial charge in [-0.1, -0.05) is 0 Å². The quantitative estimate of drug-likeness (QED) is 0.229. The molecular formula is C16H20N7O8P. The Labute approximate surface area is 179 Å². The number of carbonyl (C=O) groups excluding carboxylic acids is 1. The first-order chi connectivity index (χ1) is 15.1. The number of aromatic nitrogens is 5. The molecule has 1 aliphatic rings. The van der Waals surface area contributed by atoms with Gasteiger partial charge in [0.1, 0.15) is 30.2 Å². The number of hydrogen-bond acceptors (Lipinski definition) is 11. The first-order valence-corrected chi connectivity index (χ1v) is 10.5. The van der Waals surface area contributed by atoms with Crippen molar-refractivity contribution < 1.29 is 38.6 Å². The highest BCUT2D eigenvalue weighted by molar-refractivity contribution is 7.46. The summed E-state index contributed by atoms with van der Waals surface area (Å²) in [6.07, 6.45) is 0.533. The molecule has 4 atom stereocenters. The summed E-state index contributed by atoms with van der Waals surface area (Å²) in [6, 6.07) is 3.29. The first kappa shape index (κ1) is 23.6. The summed E-state index contributed by atoms with van der Waals surface area (Å²) < 4.78 is 21.8. The molecule has 4 rings (SSSR count). The standard InChI is InChI=1S/C10H14N5O7P.C6H6N2O/c11-8-5-9(13-2-12-8)15(3-14-5)10-7(17)6(16)4(22-10)1-21-23(18,19)20;7-6(9)5-2-1-3-8-4-5/h2-4,6-7,10,16-17H,1H2,(H2,11,12,13)(H2,18,19,20);1-4H,(H2,7,9)/t4-,6-,7-,10-;/m1./s1. The maximum absolute atomic E-state index is 10.7. The molecule has 0 aliphatic carbocycles. The molecule has 1 amide bonds. The van der Waals surface area contributed by atoms with Crippen molar-refractivity contribution in [1.82, 2.24) is 24.5 Å². The molecule has 0 spiro atoms. The number of rotatable bonds is 5. The van der Waals surface area contributed by atoms with Crippen molar-refractivity contribution in [3.8, 4) is 0 Å². The number of nitrogens with two attached hydrogens (primary N) is 2. The molecule has 0 bridgehead atoms. The highest BCUT2D eigenvalue weighted by Gasteiger charge is 2.45. The number of carbonyl (C=O) groups is 1. The van der Waals surface area contributed by atoms with Gasteiger partial charge in [0.15, 0.2) is 17.7 Å². The van der Waals surface area contributed by atoms with E-state index in [0.717, 1.165) is 0 Å². The Kier molecular flexibility index (Phi) is 7.10. The second-order valence-corrected chi connectivity index (χ2v) is 7.76. The predicted octanol–water partition coefficient (Wildman–Crippen LogP) is -1.68. The van der Waals surface area contributed by atoms with Gasteiger partial charge in [0.2, 0.25) is 5.91 Å². The molecule has 0 unspecified atom stereocenters. The lowest BCUT2D eigenvalue weighted by atomic mass is 10.1. The Morgan fingerprint density at radius 2 is 2.00 bits per heavy atom. The maximum atomic E-state index is 10.7. The fourth-order valence-electron chi connectivity index (χ4n) is 2.83. The van der Waals surface area contributed by atoms with Gasteiger partial charge in [0.05, 0.1) is 18.5 Å². The lowest BCUT2D eigenvalue weighted by Crippen LogP contribution is -2.33. The minimum absolute atomic E-state index is 0.142. The van der Waals surface area contributed by atoms with E-state index in [-0.39, 0.29) is 11.5 Å². The Morgan fingerprint density at radius 1 is 1.25 bits per heavy atom. The number of aliphatic hydroxyl groups excluding tert-OH is 2. The first-order valence-electron chi connectivity index (χ1n) is 8.93. The van der Waals surface area contributed by atoms with E-state index in [1.54, 1.807) is 18.3 Å². The Hall–Kier alpha value is -3.04. The molecule has 1 aliphatic heterocycles. The molecule has 8 N–H and O–H groups in total. The number of nitrogens with zero attached hydrogens (tertiary/aromatic N) is 5. The molecule has 1 saturated heterocycles. The number of hydrogen-bond donors (Lipinski definition) is 6. The average Bonchev–Trinajstić information content (AvgIpc) is 3.30. The van der Waals surface area contributed by atoms with E-state index in [2.05, 4.69) is 24.5 Å². The zero-order valence-electron chi connectivity index (χ0n) is 16.2. The monoisotopic (exact) mass is 469 g/mol. The van der Waals surface area contributed by atoms with Crippen molar-refractivity contribution in [2.75, 3.05) is 12.3 Å². The zero-order valence-corrected chi connectivity index (χ0v) is 17.1. The van der Waals surface area contributed by atoms with E-state index < -0.39 is 44.9 Å². The van der Waals surface area contributed by atoms with Gasteiger partial charge >= 0.3 is 7.82 Å². The summed E-state index contributed by atoms with van der Waals surface area (Å²) in [5.74, 6) is -0.300. The van der Waals surface area contributed by atoms with Crippen LogP contribution in [0.25, 0.3) is 11.2 Å². The van der Waals surface area contributed by atoms with Gasteiger partial charge in [0.25, 0.3) is 0 Å². The molecule has 0 radical (unpaired) electrons. The van der Waals surface area contributed by atoms with Gasteiger partial charge in [-0.25, -0.2) is 19.5 Å². The van der Waals surface area contributed by atoms with Crippen LogP contribution in [0.1, 0.15) is 16.6 Å². The van der Waals surface area contributed by atoms with Crippen molar-refractivity contribution in [2.45, 2.75) is 24.5 Å². The van der Waals surface area contributed by atoms with Crippen LogP contribution in [0.15, 0.2) is 37.2 Å². The molecule has 0 aromatic carbocycles. The topological polar surface area (TPSA) is 242 Å². The third kappa shape index (κ3) is 5.41. The molecule has 32 heavy (non-hydrogen) atoms. The van der Waals surface area contributed by atoms with Crippen LogP contribution in [0.5, 0.6) is 0 Å². The largest absolute Gasteiger partial charge is 0.469 e. The molecule has 1 fully saturated rings. The molecule has 15 nitrogen and oxygen atoms in total. The zero-order chi connectivity index (χ0) is 23.5. The Morgan fingerprint density at radius 3 is 2.59 bits per heavy atom. The number of nitrogen functional groups attached to an aromatic ring is 1. The highest BCUT2D eigenvalue weighted by atomic mass is 31.2. The number of anilines is 1. The minimum atomic E-state index is -4.72. The lowest BCUT2D eigenvalue weighted by molar-refractivity contribution is -0.0504. The fourth-order valence-corrected chi connectivity index (χ4v) is 3.17. The Bertz CT molecular complexity index is 1120. The van der Waals surface area contributed by atoms with Crippen molar-refractivity contribution >= 4 is 30.7 Å². The van der Waals surface area contributed by atoms with Gasteiger partial charge in [-0.3, -0.25) is 18.9 Å². The smallest absolute Gasteiger partial charge is 0.387 e. The van der Waals surface area contributed by atoms with E-state index in [9.17, 15) is 19.6 Å². The van der Waals surface area contributed by atoms with Crippen molar-refractivity contribution in [1.29, 1.82) is 0 Å². The van der Waals surface area contributed by atoms with Gasteiger partial charge in [-0.05, 0) is 12.1 Å². The molecule has 16 heteroatoms. The third-order valence-corrected chi connectivity index (χ3v) is 4.84. The molecule has 3 aromatic rings. The molecule has 3 aromatic heterocycles. The number of amides is 1. The number of phosphoric acid groups is 1. The maximum Gasteiger partial charge on any atom is 0.469 e. The number of ether oxygens (including phenoxy) is 1. The number of pyridine rings is 1. The van der Waals surface area contributed by atoms with Crippen LogP contribution in [0.3, 0.4) is 0 Å². The van der Waals surface area contributed by atoms with Crippen LogP contribution < -0.4 is 11.5 Å². The lowest BCUT2D eigenvalue weighted by Gasteiger charge is -2.16. The number of aliphatic hydroxyl groups is 2. The summed E-state index contributed by atoms with van der Waals surface area (Å²) >= 11 is 0. The average molecular weight is 469 g/mol. The molecule has 0 saturated carbocycles. The SMILES string of the molecule is NC(=O)c1cccnc1.Nc1ncnc2c1ncn2[C@@H]1O[C@H](COP(=O)(O)O)[C@@H](O)[C@H]1O. The number of primary amides is 1. The second kappa shape index (κ2) is 9.62. The molecule has 172 valence electrons. The summed E-state index contributed by atoms with van der Waals surface area (Å²) in [7, 11) is -4.72. The van der Waals surface area contributed by atoms with Crippen molar-refractivity contribution in [2.24, 2.45) is 5.73 Å². The van der Waals surface area contributed by atoms with Crippen LogP contribution in [0.2, 0.25) is 0 Å². The van der Waals surface area contributed by atoms with Crippen LogP contribution in [0.4, 0.5) is 5.82 Å². The van der Waals surface area contributed by atoms with Crippen LogP contribution in [-0.2, 0) is 13.8 Å². The summed E-state index contributed by atoms with van der Waals surface area (Å²) in [6.45, 7) is -0.594. The minimum Gasteiger partial charge on any atom is -0.387 e. The van der Waals surface area contributed by atoms with E-state index in [1.807, 2.05) is 0 Å². The fraction of sp³-hybridized carbons (Fsp3) is 0.312. The summed E-state index contributed by atoms with van der Waals surface area (Å²) in [5, 5.41) is 20.1. The van der Waals surface area contributed by atoms with E-state index >= 15 is 0 Å². The van der Waals surface area contributed by atoms with E-state index in [1.165, 1.54) is 23.4 Å². The third-order valence-electron chi connectivity index (χ3n) is 4.35. The van der Waals surface area contributed by atoms with E-state index in [4.69, 9.17) is 26.0 Å². The van der Waals surface area contributed by atoms with Crippen molar-refractivity contribution in [3.05, 3.63) is 42.7 Å². The van der Waals surface area contributed by atoms with Crippen LogP contribution >= 0.6 is 7.82 Å². The molecular weight excluding hydrogens is 449 g/mol. The predicted molar refractivity (Wildman–Crippen MR) is 106 cm³/mol. The summed E-state index contributed by atoms with van der Waals surface area (Å²) in [4.78, 5) is 43.3. The number of phosphoric ester groups is 1. The van der Waals surface area contributed by atoms with Crippen molar-refractivity contribution in [3.63, 3.8) is 0 Å². The number of fused-ring (bicyclic) bond motifs is 1. The second-order valence-electron chi connectivity index (χ2n) is 6.52. The Balaban J connectivity index is 0.000000269. The van der Waals surface area contributed by atoms with Crippen LogP contribution in [0, 0.1) is 0 Å². The normalized spacial score (nSPS) is 23.0. The highest BCUT2D eigenvalue weighted by Crippen LogP contribution is 2.38. The number of imidazole rings is 1. The molecule has 4 heterocycles. The summed E-state index contributed by atoms with van der Waals surface area (Å²) in [5.41, 5.74) is 11.6.